The molecule has 1 fully saturated rings. The van der Waals surface area contributed by atoms with Crippen LogP contribution in [0.25, 0.3) is 0 Å². The summed E-state index contributed by atoms with van der Waals surface area (Å²) in [5.41, 5.74) is -0.897. The lowest BCUT2D eigenvalue weighted by Gasteiger charge is -2.37. The Labute approximate surface area is 101 Å². The highest BCUT2D eigenvalue weighted by molar-refractivity contribution is 5.77. The molecule has 0 bridgehead atoms. The van der Waals surface area contributed by atoms with Crippen molar-refractivity contribution < 1.29 is 19.4 Å². The minimum atomic E-state index is -0.897. The normalized spacial score (nSPS) is 28.2. The minimum absolute atomic E-state index is 0.127. The van der Waals surface area contributed by atoms with Crippen LogP contribution in [0.5, 0.6) is 0 Å². The fourth-order valence-electron chi connectivity index (χ4n) is 2.14. The van der Waals surface area contributed by atoms with Crippen LogP contribution < -0.4 is 5.32 Å². The third kappa shape index (κ3) is 3.22. The smallest absolute Gasteiger partial charge is 0.407 e. The Balaban J connectivity index is 2.63. The first-order chi connectivity index (χ1) is 8.00. The van der Waals surface area contributed by atoms with E-state index >= 15 is 0 Å². The van der Waals surface area contributed by atoms with E-state index in [2.05, 4.69) is 11.9 Å². The van der Waals surface area contributed by atoms with Crippen LogP contribution in [0.2, 0.25) is 0 Å². The zero-order valence-corrected chi connectivity index (χ0v) is 10.1. The first kappa shape index (κ1) is 13.5. The van der Waals surface area contributed by atoms with Crippen LogP contribution in [-0.2, 0) is 9.53 Å². The molecule has 1 saturated carbocycles. The molecule has 0 radical (unpaired) electrons. The Morgan fingerprint density at radius 2 is 2.29 bits per heavy atom. The molecule has 0 aliphatic heterocycles. The summed E-state index contributed by atoms with van der Waals surface area (Å²) in [6, 6.07) is -0.369. The molecule has 0 saturated heterocycles. The van der Waals surface area contributed by atoms with Crippen molar-refractivity contribution in [3.63, 3.8) is 0 Å². The lowest BCUT2D eigenvalue weighted by molar-refractivity contribution is -0.151. The highest BCUT2D eigenvalue weighted by Crippen LogP contribution is 2.36. The lowest BCUT2D eigenvalue weighted by Crippen LogP contribution is -2.52. The summed E-state index contributed by atoms with van der Waals surface area (Å²) >= 11 is 0. The fourth-order valence-corrected chi connectivity index (χ4v) is 2.14. The van der Waals surface area contributed by atoms with Gasteiger partial charge in [-0.25, -0.2) is 4.79 Å². The number of ether oxygens (including phenoxy) is 1. The van der Waals surface area contributed by atoms with Gasteiger partial charge in [-0.15, -0.1) is 0 Å². The molecule has 5 heteroatoms. The molecule has 0 aromatic heterocycles. The van der Waals surface area contributed by atoms with E-state index in [-0.39, 0.29) is 12.6 Å². The molecular formula is C12H19NO4. The second kappa shape index (κ2) is 5.70. The summed E-state index contributed by atoms with van der Waals surface area (Å²) in [5, 5.41) is 11.9. The summed E-state index contributed by atoms with van der Waals surface area (Å²) < 4.78 is 4.81. The van der Waals surface area contributed by atoms with Crippen molar-refractivity contribution >= 4 is 12.1 Å². The third-order valence-electron chi connectivity index (χ3n) is 3.32. The third-order valence-corrected chi connectivity index (χ3v) is 3.32. The van der Waals surface area contributed by atoms with Crippen LogP contribution in [-0.4, -0.2) is 29.8 Å². The molecule has 1 aliphatic carbocycles. The number of alkyl carbamates (subject to hydrolysis) is 1. The van der Waals surface area contributed by atoms with E-state index in [1.807, 2.05) is 0 Å². The average Bonchev–Trinajstić information content (AvgIpc) is 2.29. The van der Waals surface area contributed by atoms with E-state index in [0.717, 1.165) is 12.8 Å². The predicted octanol–water partition coefficient (Wildman–Crippen LogP) is 1.93. The second-order valence-electron chi connectivity index (χ2n) is 4.55. The van der Waals surface area contributed by atoms with Crippen LogP contribution in [0.3, 0.4) is 0 Å². The van der Waals surface area contributed by atoms with Crippen LogP contribution in [0, 0.1) is 5.41 Å². The molecule has 5 nitrogen and oxygen atoms in total. The molecule has 1 amide bonds. The summed E-state index contributed by atoms with van der Waals surface area (Å²) in [4.78, 5) is 22.7. The van der Waals surface area contributed by atoms with Gasteiger partial charge < -0.3 is 15.2 Å². The van der Waals surface area contributed by atoms with Crippen molar-refractivity contribution in [2.24, 2.45) is 5.41 Å². The van der Waals surface area contributed by atoms with E-state index in [0.29, 0.717) is 12.8 Å². The molecule has 2 unspecified atom stereocenters. The number of hydrogen-bond acceptors (Lipinski definition) is 3. The Bertz CT molecular complexity index is 316. The largest absolute Gasteiger partial charge is 0.481 e. The van der Waals surface area contributed by atoms with E-state index in [9.17, 15) is 14.7 Å². The number of carbonyl (C=O) groups is 2. The molecule has 0 spiro atoms. The van der Waals surface area contributed by atoms with Crippen molar-refractivity contribution in [1.82, 2.24) is 5.32 Å². The average molecular weight is 241 g/mol. The minimum Gasteiger partial charge on any atom is -0.481 e. The maximum Gasteiger partial charge on any atom is 0.407 e. The van der Waals surface area contributed by atoms with Crippen LogP contribution in [0.15, 0.2) is 12.7 Å². The molecule has 0 aromatic carbocycles. The van der Waals surface area contributed by atoms with Gasteiger partial charge >= 0.3 is 12.1 Å². The number of rotatable bonds is 4. The second-order valence-corrected chi connectivity index (χ2v) is 4.55. The summed E-state index contributed by atoms with van der Waals surface area (Å²) in [6.07, 6.45) is 3.94. The van der Waals surface area contributed by atoms with E-state index < -0.39 is 17.5 Å². The number of aliphatic carboxylic acids is 1. The molecule has 1 rings (SSSR count). The maximum absolute atomic E-state index is 11.4. The molecular weight excluding hydrogens is 222 g/mol. The molecule has 1 aliphatic rings. The number of carboxylic acids is 1. The Kier molecular flexibility index (Phi) is 4.54. The van der Waals surface area contributed by atoms with Crippen molar-refractivity contribution in [1.29, 1.82) is 0 Å². The number of hydrogen-bond donors (Lipinski definition) is 2. The zero-order chi connectivity index (χ0) is 12.9. The van der Waals surface area contributed by atoms with Gasteiger partial charge in [-0.3, -0.25) is 4.79 Å². The summed E-state index contributed by atoms with van der Waals surface area (Å²) in [6.45, 7) is 5.24. The van der Waals surface area contributed by atoms with Gasteiger partial charge in [-0.1, -0.05) is 25.5 Å². The maximum atomic E-state index is 11.4. The molecule has 2 N–H and O–H groups in total. The monoisotopic (exact) mass is 241 g/mol. The van der Waals surface area contributed by atoms with Gasteiger partial charge in [-0.05, 0) is 19.8 Å². The molecule has 0 heterocycles. The predicted molar refractivity (Wildman–Crippen MR) is 62.7 cm³/mol. The van der Waals surface area contributed by atoms with Gasteiger partial charge in [0.1, 0.15) is 6.61 Å². The first-order valence-electron chi connectivity index (χ1n) is 5.78. The quantitative estimate of drug-likeness (QED) is 0.737. The Hall–Kier alpha value is -1.52. The van der Waals surface area contributed by atoms with E-state index in [1.165, 1.54) is 6.08 Å². The molecule has 17 heavy (non-hydrogen) atoms. The molecule has 0 aromatic rings. The van der Waals surface area contributed by atoms with Gasteiger partial charge in [0.15, 0.2) is 0 Å². The van der Waals surface area contributed by atoms with E-state index in [4.69, 9.17) is 4.74 Å². The zero-order valence-electron chi connectivity index (χ0n) is 10.1. The van der Waals surface area contributed by atoms with Gasteiger partial charge in [0.05, 0.1) is 5.41 Å². The van der Waals surface area contributed by atoms with Gasteiger partial charge in [-0.2, -0.15) is 0 Å². The van der Waals surface area contributed by atoms with Crippen molar-refractivity contribution in [2.45, 2.75) is 38.6 Å². The number of amides is 1. The SMILES string of the molecule is C=CCOC(=O)NC1CCCCC1(C)C(=O)O. The number of carboxylic acid groups (broad SMARTS) is 1. The Morgan fingerprint density at radius 1 is 1.59 bits per heavy atom. The summed E-state index contributed by atoms with van der Waals surface area (Å²) in [7, 11) is 0. The van der Waals surface area contributed by atoms with Crippen LogP contribution in [0.1, 0.15) is 32.6 Å². The molecule has 96 valence electrons. The first-order valence-corrected chi connectivity index (χ1v) is 5.78. The van der Waals surface area contributed by atoms with Crippen LogP contribution in [0.4, 0.5) is 4.79 Å². The standard InChI is InChI=1S/C12H19NO4/c1-3-8-17-11(16)13-9-6-4-5-7-12(9,2)10(14)15/h3,9H,1,4-8H2,2H3,(H,13,16)(H,14,15). The molecule has 2 atom stereocenters. The number of nitrogens with one attached hydrogen (secondary N) is 1. The van der Waals surface area contributed by atoms with Crippen molar-refractivity contribution in [2.75, 3.05) is 6.61 Å². The van der Waals surface area contributed by atoms with Crippen molar-refractivity contribution in [3.8, 4) is 0 Å². The highest BCUT2D eigenvalue weighted by Gasteiger charge is 2.44. The van der Waals surface area contributed by atoms with Gasteiger partial charge in [0.25, 0.3) is 0 Å². The fraction of sp³-hybridized carbons (Fsp3) is 0.667. The van der Waals surface area contributed by atoms with Crippen molar-refractivity contribution in [3.05, 3.63) is 12.7 Å². The topological polar surface area (TPSA) is 75.6 Å². The highest BCUT2D eigenvalue weighted by atomic mass is 16.5. The van der Waals surface area contributed by atoms with Crippen LogP contribution >= 0.6 is 0 Å². The summed E-state index contributed by atoms with van der Waals surface area (Å²) in [5.74, 6) is -0.869. The Morgan fingerprint density at radius 3 is 2.88 bits per heavy atom. The van der Waals surface area contributed by atoms with E-state index in [1.54, 1.807) is 6.92 Å². The number of carbonyl (C=O) groups excluding carboxylic acids is 1. The lowest BCUT2D eigenvalue weighted by atomic mass is 9.72. The van der Waals surface area contributed by atoms with Gasteiger partial charge in [0.2, 0.25) is 0 Å². The van der Waals surface area contributed by atoms with Gasteiger partial charge in [0, 0.05) is 6.04 Å².